The summed E-state index contributed by atoms with van der Waals surface area (Å²) in [6.07, 6.45) is 16.5. The largest absolute Gasteiger partial charge is 0.392 e. The molecule has 0 aliphatic heterocycles. The quantitative estimate of drug-likeness (QED) is 0.333. The highest BCUT2D eigenvalue weighted by Gasteiger charge is 2.43. The van der Waals surface area contributed by atoms with Gasteiger partial charge in [-0.3, -0.25) is 0 Å². The number of hydrogen-bond acceptors (Lipinski definition) is 2. The van der Waals surface area contributed by atoms with Crippen LogP contribution in [-0.4, -0.2) is 35.2 Å². The highest BCUT2D eigenvalue weighted by Crippen LogP contribution is 2.48. The normalized spacial score (nSPS) is 26.1. The summed E-state index contributed by atoms with van der Waals surface area (Å²) in [6.45, 7) is 10.2. The Morgan fingerprint density at radius 1 is 1.13 bits per heavy atom. The van der Waals surface area contributed by atoms with Gasteiger partial charge in [-0.05, 0) is 104 Å². The van der Waals surface area contributed by atoms with E-state index in [4.69, 9.17) is 0 Å². The van der Waals surface area contributed by atoms with Crippen molar-refractivity contribution in [1.82, 2.24) is 4.90 Å². The maximum Gasteiger partial charge on any atom is 0.0611 e. The first-order valence-corrected chi connectivity index (χ1v) is 12.5. The summed E-state index contributed by atoms with van der Waals surface area (Å²) in [4.78, 5) is 2.46. The molecule has 0 unspecified atom stereocenters. The van der Waals surface area contributed by atoms with E-state index in [1.807, 2.05) is 0 Å². The van der Waals surface area contributed by atoms with E-state index < -0.39 is 0 Å². The second kappa shape index (κ2) is 11.0. The Morgan fingerprint density at radius 3 is 2.68 bits per heavy atom. The van der Waals surface area contributed by atoms with Crippen LogP contribution >= 0.6 is 0 Å². The molecule has 0 spiro atoms. The van der Waals surface area contributed by atoms with Gasteiger partial charge in [0, 0.05) is 11.5 Å². The predicted octanol–water partition coefficient (Wildman–Crippen LogP) is 6.72. The predicted molar refractivity (Wildman–Crippen MR) is 133 cm³/mol. The summed E-state index contributed by atoms with van der Waals surface area (Å²) in [5.41, 5.74) is 4.67. The molecule has 2 aliphatic carbocycles. The number of aryl methyl sites for hydroxylation is 2. The molecule has 0 amide bonds. The van der Waals surface area contributed by atoms with Crippen LogP contribution in [0.25, 0.3) is 0 Å². The summed E-state index contributed by atoms with van der Waals surface area (Å²) < 4.78 is 0. The van der Waals surface area contributed by atoms with Gasteiger partial charge in [0.25, 0.3) is 0 Å². The molecule has 172 valence electrons. The fraction of sp³-hybridized carbons (Fsp3) is 0.655. The topological polar surface area (TPSA) is 23.5 Å². The highest BCUT2D eigenvalue weighted by molar-refractivity contribution is 5.23. The maximum atomic E-state index is 10.6. The number of rotatable bonds is 10. The van der Waals surface area contributed by atoms with Crippen molar-refractivity contribution in [3.63, 3.8) is 0 Å². The second-order valence-electron chi connectivity index (χ2n) is 11.1. The first-order valence-electron chi connectivity index (χ1n) is 12.5. The first-order chi connectivity index (χ1) is 14.7. The molecule has 1 fully saturated rings. The van der Waals surface area contributed by atoms with Gasteiger partial charge in [0.05, 0.1) is 6.10 Å². The zero-order chi connectivity index (χ0) is 22.4. The van der Waals surface area contributed by atoms with Gasteiger partial charge in [0.1, 0.15) is 0 Å². The van der Waals surface area contributed by atoms with Crippen LogP contribution in [0.4, 0.5) is 0 Å². The van der Waals surface area contributed by atoms with E-state index in [9.17, 15) is 5.11 Å². The van der Waals surface area contributed by atoms with Gasteiger partial charge < -0.3 is 10.0 Å². The van der Waals surface area contributed by atoms with Gasteiger partial charge in [0.15, 0.2) is 0 Å². The lowest BCUT2D eigenvalue weighted by Gasteiger charge is -2.31. The molecule has 2 aliphatic rings. The maximum absolute atomic E-state index is 10.6. The fourth-order valence-electron chi connectivity index (χ4n) is 5.37. The van der Waals surface area contributed by atoms with E-state index >= 15 is 0 Å². The van der Waals surface area contributed by atoms with Crippen molar-refractivity contribution in [2.45, 2.75) is 90.7 Å². The minimum Gasteiger partial charge on any atom is -0.392 e. The number of aliphatic hydroxyl groups excluding tert-OH is 1. The molecule has 4 atom stereocenters. The van der Waals surface area contributed by atoms with Gasteiger partial charge in [0.2, 0.25) is 0 Å². The molecule has 0 aromatic heterocycles. The third-order valence-electron chi connectivity index (χ3n) is 7.63. The Labute approximate surface area is 191 Å². The molecule has 0 heterocycles. The molecule has 2 heteroatoms. The minimum atomic E-state index is -0.157. The Bertz CT molecular complexity index is 756. The zero-order valence-corrected chi connectivity index (χ0v) is 20.6. The molecule has 0 saturated heterocycles. The highest BCUT2D eigenvalue weighted by atomic mass is 16.3. The summed E-state index contributed by atoms with van der Waals surface area (Å²) in [7, 11) is 2.24. The minimum absolute atomic E-state index is 0.157. The van der Waals surface area contributed by atoms with Gasteiger partial charge in [-0.15, -0.1) is 0 Å². The van der Waals surface area contributed by atoms with Crippen molar-refractivity contribution in [3.05, 3.63) is 59.2 Å². The third kappa shape index (κ3) is 7.05. The fourth-order valence-corrected chi connectivity index (χ4v) is 5.37. The lowest BCUT2D eigenvalue weighted by Crippen LogP contribution is -2.38. The van der Waals surface area contributed by atoms with E-state index in [2.05, 4.69) is 82.1 Å². The molecule has 2 nitrogen and oxygen atoms in total. The first kappa shape index (κ1) is 24.3. The molecule has 1 N–H and O–H groups in total. The average molecular weight is 424 g/mol. The van der Waals surface area contributed by atoms with Gasteiger partial charge in [-0.1, -0.05) is 60.1 Å². The number of unbranched alkanes of at least 4 members (excludes halogenated alkanes) is 2. The number of nitrogens with zero attached hydrogens (tertiary/aromatic N) is 1. The zero-order valence-electron chi connectivity index (χ0n) is 20.6. The standard InChI is InChI=1S/C29H45NO/c1-22-12-11-15-23(18-22)13-8-9-16-26-27-20-24(19-25(27)21-28(26)31)14-7-6-10-17-30(5)29(2,3)4/h9,11-12,15-16,18-19,25-28,31H,6-8,10,13-14,17,20-21H2,1-5H3/t25-,26+,27-,28+/m0/s1. The SMILES string of the molecule is Cc1cccc(CCC=C[C@@H]2[C@H]3CC(CCCCCN(C)C(C)(C)C)=C[C@H]3C[C@H]2O)c1. The Morgan fingerprint density at radius 2 is 1.94 bits per heavy atom. The third-order valence-corrected chi connectivity index (χ3v) is 7.63. The second-order valence-corrected chi connectivity index (χ2v) is 11.1. The Balaban J connectivity index is 1.38. The van der Waals surface area contributed by atoms with Crippen molar-refractivity contribution < 1.29 is 5.11 Å². The lowest BCUT2D eigenvalue weighted by molar-refractivity contribution is 0.141. The van der Waals surface area contributed by atoms with E-state index in [-0.39, 0.29) is 11.6 Å². The summed E-state index contributed by atoms with van der Waals surface area (Å²) >= 11 is 0. The molecule has 0 bridgehead atoms. The van der Waals surface area contributed by atoms with Crippen molar-refractivity contribution in [2.24, 2.45) is 17.8 Å². The molecule has 1 aromatic carbocycles. The van der Waals surface area contributed by atoms with Crippen molar-refractivity contribution in [1.29, 1.82) is 0 Å². The van der Waals surface area contributed by atoms with E-state index in [0.717, 1.165) is 19.3 Å². The number of benzene rings is 1. The van der Waals surface area contributed by atoms with Crippen LogP contribution in [0.3, 0.4) is 0 Å². The van der Waals surface area contributed by atoms with Crippen molar-refractivity contribution in [3.8, 4) is 0 Å². The monoisotopic (exact) mass is 423 g/mol. The number of aliphatic hydroxyl groups is 1. The van der Waals surface area contributed by atoms with Crippen LogP contribution in [0.1, 0.15) is 76.8 Å². The molecule has 1 saturated carbocycles. The van der Waals surface area contributed by atoms with Crippen LogP contribution in [-0.2, 0) is 6.42 Å². The number of hydrogen-bond donors (Lipinski definition) is 1. The lowest BCUT2D eigenvalue weighted by atomic mass is 9.88. The van der Waals surface area contributed by atoms with Crippen LogP contribution in [0, 0.1) is 24.7 Å². The molecular weight excluding hydrogens is 378 g/mol. The summed E-state index contributed by atoms with van der Waals surface area (Å²) in [5.74, 6) is 1.58. The molecule has 31 heavy (non-hydrogen) atoms. The van der Waals surface area contributed by atoms with Crippen LogP contribution in [0.2, 0.25) is 0 Å². The van der Waals surface area contributed by atoms with Crippen LogP contribution < -0.4 is 0 Å². The van der Waals surface area contributed by atoms with E-state index in [1.54, 1.807) is 5.57 Å². The van der Waals surface area contributed by atoms with Gasteiger partial charge in [-0.2, -0.15) is 0 Å². The van der Waals surface area contributed by atoms with Gasteiger partial charge >= 0.3 is 0 Å². The van der Waals surface area contributed by atoms with Crippen molar-refractivity contribution >= 4 is 0 Å². The van der Waals surface area contributed by atoms with Crippen LogP contribution in [0.15, 0.2) is 48.1 Å². The van der Waals surface area contributed by atoms with Crippen LogP contribution in [0.5, 0.6) is 0 Å². The molecule has 3 rings (SSSR count). The van der Waals surface area contributed by atoms with E-state index in [0.29, 0.717) is 17.8 Å². The van der Waals surface area contributed by atoms with E-state index in [1.165, 1.54) is 49.8 Å². The smallest absolute Gasteiger partial charge is 0.0611 e. The van der Waals surface area contributed by atoms with Gasteiger partial charge in [-0.25, -0.2) is 0 Å². The Kier molecular flexibility index (Phi) is 8.58. The number of fused-ring (bicyclic) bond motifs is 1. The molecular formula is C29H45NO. The average Bonchev–Trinajstić information content (AvgIpc) is 3.21. The summed E-state index contributed by atoms with van der Waals surface area (Å²) in [5, 5.41) is 10.6. The van der Waals surface area contributed by atoms with Crippen molar-refractivity contribution in [2.75, 3.05) is 13.6 Å². The summed E-state index contributed by atoms with van der Waals surface area (Å²) in [6, 6.07) is 8.80. The Hall–Kier alpha value is -1.38. The molecule has 0 radical (unpaired) electrons. The number of allylic oxidation sites excluding steroid dienone is 3. The molecule has 1 aromatic rings.